The highest BCUT2D eigenvalue weighted by molar-refractivity contribution is 8.00. The minimum atomic E-state index is -0.200. The number of allylic oxidation sites excluding steroid dienone is 1. The zero-order valence-corrected chi connectivity index (χ0v) is 16.8. The van der Waals surface area contributed by atoms with E-state index in [4.69, 9.17) is 10.1 Å². The van der Waals surface area contributed by atoms with Crippen LogP contribution in [0.15, 0.2) is 36.2 Å². The first-order valence-corrected chi connectivity index (χ1v) is 10.1. The van der Waals surface area contributed by atoms with Gasteiger partial charge in [-0.1, -0.05) is 18.9 Å². The van der Waals surface area contributed by atoms with Crippen LogP contribution >= 0.6 is 11.9 Å². The fourth-order valence-electron chi connectivity index (χ4n) is 2.82. The summed E-state index contributed by atoms with van der Waals surface area (Å²) in [7, 11) is 3.43. The molecule has 0 unspecified atom stereocenters. The van der Waals surface area contributed by atoms with Gasteiger partial charge in [0.15, 0.2) is 0 Å². The number of benzene rings is 1. The Kier molecular flexibility index (Phi) is 6.11. The molecule has 0 spiro atoms. The third kappa shape index (κ3) is 4.47. The zero-order chi connectivity index (χ0) is 19.4. The summed E-state index contributed by atoms with van der Waals surface area (Å²) in [4.78, 5) is 13.9. The van der Waals surface area contributed by atoms with E-state index in [0.717, 1.165) is 22.8 Å². The number of hydrogen-bond acceptors (Lipinski definition) is 6. The molecule has 2 aliphatic rings. The molecule has 0 aromatic heterocycles. The number of nitrogens with zero attached hydrogens (tertiary/aromatic N) is 1. The molecule has 3 N–H and O–H groups in total. The van der Waals surface area contributed by atoms with Crippen LogP contribution in [0.5, 0.6) is 5.75 Å². The van der Waals surface area contributed by atoms with Crippen molar-refractivity contribution in [3.8, 4) is 5.75 Å². The summed E-state index contributed by atoms with van der Waals surface area (Å²) in [5.41, 5.74) is 2.98. The molecule has 0 atom stereocenters. The van der Waals surface area contributed by atoms with Crippen LogP contribution in [0.2, 0.25) is 0 Å². The molecule has 1 aliphatic carbocycles. The van der Waals surface area contributed by atoms with Gasteiger partial charge < -0.3 is 19.7 Å². The molecule has 0 saturated heterocycles. The van der Waals surface area contributed by atoms with Gasteiger partial charge in [-0.2, -0.15) is 0 Å². The lowest BCUT2D eigenvalue weighted by molar-refractivity contribution is -0.123. The second-order valence-electron chi connectivity index (χ2n) is 6.68. The third-order valence-electron chi connectivity index (χ3n) is 4.48. The Morgan fingerprint density at radius 1 is 1.41 bits per heavy atom. The Bertz CT molecular complexity index is 799. The number of anilines is 1. The van der Waals surface area contributed by atoms with Crippen molar-refractivity contribution in [2.45, 2.75) is 19.8 Å². The molecule has 0 radical (unpaired) electrons. The maximum atomic E-state index is 12.4. The van der Waals surface area contributed by atoms with Crippen molar-refractivity contribution < 1.29 is 9.53 Å². The van der Waals surface area contributed by atoms with Gasteiger partial charge in [0.05, 0.1) is 17.9 Å². The van der Waals surface area contributed by atoms with Crippen LogP contribution in [0.4, 0.5) is 5.69 Å². The maximum absolute atomic E-state index is 12.4. The summed E-state index contributed by atoms with van der Waals surface area (Å²) in [6.07, 6.45) is 5.72. The largest absolute Gasteiger partial charge is 0.493 e. The number of amides is 1. The zero-order valence-electron chi connectivity index (χ0n) is 16.0. The highest BCUT2D eigenvalue weighted by Crippen LogP contribution is 2.36. The van der Waals surface area contributed by atoms with Gasteiger partial charge in [-0.25, -0.2) is 0 Å². The lowest BCUT2D eigenvalue weighted by atomic mass is 9.92. The van der Waals surface area contributed by atoms with Crippen molar-refractivity contribution in [3.63, 3.8) is 0 Å². The van der Waals surface area contributed by atoms with Crippen LogP contribution in [-0.2, 0) is 4.79 Å². The van der Waals surface area contributed by atoms with E-state index in [0.29, 0.717) is 23.7 Å². The summed E-state index contributed by atoms with van der Waals surface area (Å²) in [6.45, 7) is 2.78. The fourth-order valence-corrected chi connectivity index (χ4v) is 3.26. The molecule has 1 aromatic carbocycles. The predicted octanol–water partition coefficient (Wildman–Crippen LogP) is 3.49. The van der Waals surface area contributed by atoms with Crippen LogP contribution in [0, 0.1) is 11.3 Å². The first-order valence-electron chi connectivity index (χ1n) is 9.15. The Morgan fingerprint density at radius 3 is 2.85 bits per heavy atom. The van der Waals surface area contributed by atoms with Crippen LogP contribution in [0.1, 0.15) is 25.3 Å². The van der Waals surface area contributed by atoms with E-state index >= 15 is 0 Å². The van der Waals surface area contributed by atoms with Gasteiger partial charge in [0.2, 0.25) is 0 Å². The SMILES string of the molecule is CCSNc1ccc(OCC2CC2)c(C2=CN(C)C(=O)/C(=C/NC)C2=N)c1. The highest BCUT2D eigenvalue weighted by atomic mass is 32.2. The lowest BCUT2D eigenvalue weighted by Gasteiger charge is -2.26. The summed E-state index contributed by atoms with van der Waals surface area (Å²) in [5, 5.41) is 11.5. The van der Waals surface area contributed by atoms with Crippen molar-refractivity contribution in [1.29, 1.82) is 5.41 Å². The van der Waals surface area contributed by atoms with Gasteiger partial charge in [-0.05, 0) is 37.0 Å². The Labute approximate surface area is 164 Å². The van der Waals surface area contributed by atoms with Crippen LogP contribution in [0.3, 0.4) is 0 Å². The van der Waals surface area contributed by atoms with Crippen molar-refractivity contribution in [2.75, 3.05) is 31.2 Å². The molecule has 1 saturated carbocycles. The minimum absolute atomic E-state index is 0.198. The number of likely N-dealkylation sites (N-methyl/N-ethyl adjacent to an activating group) is 1. The Morgan fingerprint density at radius 2 is 2.19 bits per heavy atom. The first kappa shape index (κ1) is 19.4. The van der Waals surface area contributed by atoms with Crippen LogP contribution < -0.4 is 14.8 Å². The molecule has 1 heterocycles. The monoisotopic (exact) mass is 386 g/mol. The summed E-state index contributed by atoms with van der Waals surface area (Å²) >= 11 is 1.61. The molecular weight excluding hydrogens is 360 g/mol. The average Bonchev–Trinajstić information content (AvgIpc) is 3.49. The quantitative estimate of drug-likeness (QED) is 0.471. The fraction of sp³-hybridized carbons (Fsp3) is 0.400. The molecule has 27 heavy (non-hydrogen) atoms. The van der Waals surface area contributed by atoms with E-state index < -0.39 is 0 Å². The van der Waals surface area contributed by atoms with E-state index in [2.05, 4.69) is 17.0 Å². The molecule has 1 aromatic rings. The Hall–Kier alpha value is -2.41. The number of nitrogens with one attached hydrogen (secondary N) is 3. The predicted molar refractivity (Wildman–Crippen MR) is 112 cm³/mol. The van der Waals surface area contributed by atoms with Gasteiger partial charge in [-0.3, -0.25) is 10.2 Å². The number of hydrogen-bond donors (Lipinski definition) is 3. The smallest absolute Gasteiger partial charge is 0.261 e. The lowest BCUT2D eigenvalue weighted by Crippen LogP contribution is -2.33. The second kappa shape index (κ2) is 8.52. The second-order valence-corrected chi connectivity index (χ2v) is 7.75. The molecule has 144 valence electrons. The Balaban J connectivity index is 2.00. The molecular formula is C20H26N4O2S. The van der Waals surface area contributed by atoms with Crippen LogP contribution in [0.25, 0.3) is 5.57 Å². The van der Waals surface area contributed by atoms with Crippen molar-refractivity contribution in [3.05, 3.63) is 41.7 Å². The molecule has 1 aliphatic heterocycles. The van der Waals surface area contributed by atoms with Crippen molar-refractivity contribution in [1.82, 2.24) is 10.2 Å². The number of rotatable bonds is 8. The van der Waals surface area contributed by atoms with Crippen molar-refractivity contribution in [2.24, 2.45) is 5.92 Å². The molecule has 1 fully saturated rings. The van der Waals surface area contributed by atoms with E-state index in [1.54, 1.807) is 38.4 Å². The topological polar surface area (TPSA) is 77.5 Å². The minimum Gasteiger partial charge on any atom is -0.493 e. The van der Waals surface area contributed by atoms with Gasteiger partial charge in [0.1, 0.15) is 5.75 Å². The first-order chi connectivity index (χ1) is 13.0. The number of carbonyl (C=O) groups is 1. The van der Waals surface area contributed by atoms with Crippen LogP contribution in [-0.4, -0.2) is 43.0 Å². The normalized spacial score (nSPS) is 18.6. The molecule has 3 rings (SSSR count). The molecule has 0 bridgehead atoms. The third-order valence-corrected chi connectivity index (χ3v) is 5.15. The van der Waals surface area contributed by atoms with E-state index in [-0.39, 0.29) is 11.6 Å². The van der Waals surface area contributed by atoms with Gasteiger partial charge in [-0.15, -0.1) is 0 Å². The van der Waals surface area contributed by atoms with E-state index in [9.17, 15) is 4.79 Å². The molecule has 1 amide bonds. The number of ether oxygens (including phenoxy) is 1. The molecule has 7 heteroatoms. The summed E-state index contributed by atoms with van der Waals surface area (Å²) in [5.74, 6) is 2.13. The van der Waals surface area contributed by atoms with E-state index in [1.165, 1.54) is 17.7 Å². The maximum Gasteiger partial charge on any atom is 0.261 e. The molecule has 6 nitrogen and oxygen atoms in total. The van der Waals surface area contributed by atoms with Crippen molar-refractivity contribution >= 4 is 34.8 Å². The average molecular weight is 387 g/mol. The van der Waals surface area contributed by atoms with Gasteiger partial charge in [0, 0.05) is 49.1 Å². The standard InChI is InChI=1S/C20H26N4O2S/c1-4-27-23-14-7-8-18(26-12-13-5-6-13)15(9-14)17-11-24(3)20(25)16(10-22-2)19(17)21/h7-11,13,21-23H,4-6,12H2,1-3H3/b16-10+,21-19?. The van der Waals surface area contributed by atoms with Gasteiger partial charge in [0.25, 0.3) is 5.91 Å². The summed E-state index contributed by atoms with van der Waals surface area (Å²) < 4.78 is 9.37. The van der Waals surface area contributed by atoms with E-state index in [1.807, 2.05) is 18.2 Å². The summed E-state index contributed by atoms with van der Waals surface area (Å²) in [6, 6.07) is 5.93. The number of carbonyl (C=O) groups excluding carboxylic acids is 1. The van der Waals surface area contributed by atoms with Gasteiger partial charge >= 0.3 is 0 Å². The highest BCUT2D eigenvalue weighted by Gasteiger charge is 2.29.